The Bertz CT molecular complexity index is 207. The van der Waals surface area contributed by atoms with E-state index >= 15 is 0 Å². The summed E-state index contributed by atoms with van der Waals surface area (Å²) in [6.45, 7) is 0. The molecule has 0 aliphatic heterocycles. The molecule has 21 heavy (non-hydrogen) atoms. The van der Waals surface area contributed by atoms with Crippen molar-refractivity contribution in [2.24, 2.45) is 0 Å². The van der Waals surface area contributed by atoms with E-state index in [2.05, 4.69) is 0 Å². The number of hydrogen-bond acceptors (Lipinski definition) is 14. The molecule has 120 valence electrons. The number of nitrogens with zero attached hydrogens (tertiary/aromatic N) is 5. The second kappa shape index (κ2) is 30.2. The summed E-state index contributed by atoms with van der Waals surface area (Å²) < 4.78 is 0. The van der Waals surface area contributed by atoms with Crippen molar-refractivity contribution in [3.8, 4) is 0 Å². The summed E-state index contributed by atoms with van der Waals surface area (Å²) in [5.74, 6) is 0. The molecule has 0 radical (unpaired) electrons. The molecule has 20 nitrogen and oxygen atoms in total. The molecule has 0 saturated carbocycles. The zero-order valence-corrected chi connectivity index (χ0v) is 11.4. The third-order valence-corrected chi connectivity index (χ3v) is 0. The first-order valence-electron chi connectivity index (χ1n) is 2.76. The molecule has 0 amide bonds. The van der Waals surface area contributed by atoms with Gasteiger partial charge < -0.3 is 66.5 Å². The summed E-state index contributed by atoms with van der Waals surface area (Å²) in [6.07, 6.45) is 0. The van der Waals surface area contributed by atoms with E-state index in [-0.39, 0.29) is 26.2 Å². The van der Waals surface area contributed by atoms with Gasteiger partial charge in [-0.25, -0.2) is 0 Å². The van der Waals surface area contributed by atoms with Gasteiger partial charge in [-0.1, -0.05) is 0 Å². The van der Waals surface area contributed by atoms with Crippen molar-refractivity contribution in [1.29, 1.82) is 0 Å². The summed E-state index contributed by atoms with van der Waals surface area (Å²) in [4.78, 5) is 41.4. The van der Waals surface area contributed by atoms with E-state index < -0.39 is 25.4 Å². The van der Waals surface area contributed by atoms with Gasteiger partial charge >= 0.3 is 26.2 Å². The van der Waals surface area contributed by atoms with Crippen molar-refractivity contribution in [3.63, 3.8) is 0 Å². The minimum atomic E-state index is -1.75. The maximum atomic E-state index is 8.36. The van der Waals surface area contributed by atoms with Crippen LogP contribution >= 0.6 is 0 Å². The summed E-state index contributed by atoms with van der Waals surface area (Å²) in [6, 6.07) is 0. The first kappa shape index (κ1) is 36.1. The summed E-state index contributed by atoms with van der Waals surface area (Å²) in [5, 5.41) is 72.6. The van der Waals surface area contributed by atoms with Gasteiger partial charge in [-0.3, -0.25) is 0 Å². The fourth-order valence-electron chi connectivity index (χ4n) is 0. The van der Waals surface area contributed by atoms with E-state index in [4.69, 9.17) is 76.6 Å². The normalized spacial score (nSPS) is 5.71. The molecule has 21 heteroatoms. The van der Waals surface area contributed by atoms with E-state index in [0.717, 1.165) is 0 Å². The molecule has 0 fully saturated rings. The Labute approximate surface area is 129 Å². The third-order valence-electron chi connectivity index (χ3n) is 0. The number of hydrogen-bond donors (Lipinski definition) is 1. The molecule has 0 aromatic rings. The van der Waals surface area contributed by atoms with Gasteiger partial charge in [0.1, 0.15) is 0 Å². The van der Waals surface area contributed by atoms with Crippen molar-refractivity contribution in [3.05, 3.63) is 71.4 Å². The second-order valence-corrected chi connectivity index (χ2v) is 1.13. The van der Waals surface area contributed by atoms with Crippen LogP contribution in [0.4, 0.5) is 0 Å². The Morgan fingerprint density at radius 2 is 0.476 bits per heavy atom. The average Bonchev–Trinajstić information content (AvgIpc) is 1.94. The van der Waals surface area contributed by atoms with Gasteiger partial charge in [0.15, 0.2) is 0 Å². The molecule has 0 aromatic heterocycles. The van der Waals surface area contributed by atoms with Crippen LogP contribution in [-0.2, 0) is 26.2 Å². The predicted molar refractivity (Wildman–Crippen MR) is 50.2 cm³/mol. The quantitative estimate of drug-likeness (QED) is 0.363. The van der Waals surface area contributed by atoms with Crippen LogP contribution in [0.5, 0.6) is 0 Å². The van der Waals surface area contributed by atoms with Crippen LogP contribution < -0.4 is 0 Å². The SMILES string of the molecule is O=[N+]([O-])O.O=[N+]([O-])[O-].O=[N+]([O-])[O-].O=[N+]([O-])[O-].O=[N+]([O-])[O-].[Zr+4]. The van der Waals surface area contributed by atoms with Gasteiger partial charge in [-0.2, -0.15) is 0 Å². The Morgan fingerprint density at radius 3 is 0.476 bits per heavy atom. The van der Waals surface area contributed by atoms with Gasteiger partial charge in [0, 0.05) is 0 Å². The maximum Gasteiger partial charge on any atom is 4.00 e. The van der Waals surface area contributed by atoms with Crippen LogP contribution in [-0.4, -0.2) is 30.6 Å². The number of rotatable bonds is 0. The zero-order valence-electron chi connectivity index (χ0n) is 8.90. The molecule has 0 atom stereocenters. The molecule has 0 unspecified atom stereocenters. The summed E-state index contributed by atoms with van der Waals surface area (Å²) >= 11 is 0. The van der Waals surface area contributed by atoms with Crippen LogP contribution in [0.1, 0.15) is 0 Å². The van der Waals surface area contributed by atoms with Crippen molar-refractivity contribution in [1.82, 2.24) is 0 Å². The zero-order chi connectivity index (χ0) is 17.9. The van der Waals surface area contributed by atoms with Gasteiger partial charge in [-0.15, -0.1) is 10.1 Å². The van der Waals surface area contributed by atoms with Crippen molar-refractivity contribution in [2.45, 2.75) is 0 Å². The molecule has 0 aromatic carbocycles. The van der Waals surface area contributed by atoms with Crippen molar-refractivity contribution < 1.29 is 56.8 Å². The van der Waals surface area contributed by atoms with E-state index in [1.54, 1.807) is 0 Å². The minimum Gasteiger partial charge on any atom is -0.356 e. The molecule has 0 heterocycles. The van der Waals surface area contributed by atoms with Crippen LogP contribution in [0.25, 0.3) is 0 Å². The smallest absolute Gasteiger partial charge is 0.356 e. The van der Waals surface area contributed by atoms with Gasteiger partial charge in [0.2, 0.25) is 0 Å². The van der Waals surface area contributed by atoms with Gasteiger partial charge in [0.25, 0.3) is 5.09 Å². The van der Waals surface area contributed by atoms with Crippen LogP contribution in [0.3, 0.4) is 0 Å². The Hall–Kier alpha value is -3.12. The molecule has 0 aliphatic carbocycles. The molecule has 0 saturated heterocycles. The second-order valence-electron chi connectivity index (χ2n) is 1.13. The Balaban J connectivity index is -0.0000000331. The molecular weight excluding hydrogens is 401 g/mol. The standard InChI is InChI=1S/HNO3.4NO3.Zr/c5*2-1(3)4;/h(H,2,3,4);;;;;/q;4*-1;+4. The molecule has 1 N–H and O–H groups in total. The Morgan fingerprint density at radius 1 is 0.476 bits per heavy atom. The van der Waals surface area contributed by atoms with Gasteiger partial charge in [0.05, 0.1) is 20.3 Å². The topological polar surface area (TPSA) is 328 Å². The van der Waals surface area contributed by atoms with Crippen LogP contribution in [0.15, 0.2) is 0 Å². The maximum absolute atomic E-state index is 8.36. The van der Waals surface area contributed by atoms with E-state index in [1.165, 1.54) is 0 Å². The predicted octanol–water partition coefficient (Wildman–Crippen LogP) is -1.31. The third kappa shape index (κ3) is 385. The average molecular weight is 402 g/mol. The molecular formula is HN5O15Zr. The summed E-state index contributed by atoms with van der Waals surface area (Å²) in [5.41, 5.74) is 0. The first-order chi connectivity index (χ1) is 8.66. The Kier molecular flexibility index (Phi) is 51.8. The van der Waals surface area contributed by atoms with Crippen LogP contribution in [0, 0.1) is 71.4 Å². The first-order valence-corrected chi connectivity index (χ1v) is 2.76. The van der Waals surface area contributed by atoms with Crippen LogP contribution in [0.2, 0.25) is 0 Å². The fraction of sp³-hybridized carbons (Fsp3) is 0. The fourth-order valence-corrected chi connectivity index (χ4v) is 0. The molecule has 0 aliphatic rings. The minimum absolute atomic E-state index is 0. The van der Waals surface area contributed by atoms with Crippen molar-refractivity contribution in [2.75, 3.05) is 0 Å². The van der Waals surface area contributed by atoms with E-state index in [1.807, 2.05) is 0 Å². The summed E-state index contributed by atoms with van der Waals surface area (Å²) in [7, 11) is 0. The van der Waals surface area contributed by atoms with Gasteiger partial charge in [-0.05, 0) is 0 Å². The van der Waals surface area contributed by atoms with Crippen molar-refractivity contribution >= 4 is 0 Å². The van der Waals surface area contributed by atoms with E-state index in [0.29, 0.717) is 0 Å². The monoisotopic (exact) mass is 401 g/mol. The van der Waals surface area contributed by atoms with E-state index in [9.17, 15) is 0 Å². The molecule has 0 bridgehead atoms. The molecule has 0 rings (SSSR count). The largest absolute Gasteiger partial charge is 4.00 e. The molecule has 0 spiro atoms.